The minimum Gasteiger partial charge on any atom is -0.466 e. The molecule has 5 heteroatoms. The zero-order valence-electron chi connectivity index (χ0n) is 11.0. The average molecular weight is 268 g/mol. The topological polar surface area (TPSA) is 87.0 Å². The summed E-state index contributed by atoms with van der Waals surface area (Å²) in [7, 11) is 0. The first-order valence-electron chi connectivity index (χ1n) is 6.30. The molecule has 2 unspecified atom stereocenters. The van der Waals surface area contributed by atoms with Gasteiger partial charge in [-0.2, -0.15) is 0 Å². The molecule has 0 aliphatic heterocycles. The molecule has 0 saturated heterocycles. The first-order chi connectivity index (χ1) is 9.08. The molecule has 3 N–H and O–H groups in total. The van der Waals surface area contributed by atoms with Gasteiger partial charge >= 0.3 is 5.97 Å². The maximum Gasteiger partial charge on any atom is 0.308 e. The van der Waals surface area contributed by atoms with E-state index < -0.39 is 18.2 Å². The monoisotopic (exact) mass is 268 g/mol. The van der Waals surface area contributed by atoms with Crippen LogP contribution in [0.25, 0.3) is 0 Å². The molecular weight excluding hydrogens is 248 g/mol. The molecule has 106 valence electrons. The Hall–Kier alpha value is -1.43. The maximum atomic E-state index is 11.2. The van der Waals surface area contributed by atoms with Crippen molar-refractivity contribution in [2.45, 2.75) is 32.0 Å². The predicted molar refractivity (Wildman–Crippen MR) is 69.4 cm³/mol. The van der Waals surface area contributed by atoms with E-state index in [1.165, 1.54) is 0 Å². The van der Waals surface area contributed by atoms with Crippen LogP contribution in [-0.2, 0) is 16.0 Å². The highest BCUT2D eigenvalue weighted by atomic mass is 16.5. The third-order valence-corrected chi connectivity index (χ3v) is 2.77. The number of aliphatic hydroxyl groups excluding tert-OH is 3. The van der Waals surface area contributed by atoms with Gasteiger partial charge in [0.15, 0.2) is 0 Å². The van der Waals surface area contributed by atoms with Gasteiger partial charge in [0.05, 0.1) is 19.1 Å². The number of carbonyl (C=O) groups excluding carboxylic acids is 1. The molecule has 0 bridgehead atoms. The molecular formula is C14H20O5. The number of hydrogen-bond acceptors (Lipinski definition) is 5. The van der Waals surface area contributed by atoms with E-state index in [0.29, 0.717) is 12.0 Å². The predicted octanol–water partition coefficient (Wildman–Crippen LogP) is 0.569. The number of esters is 1. The molecule has 0 aliphatic carbocycles. The second-order valence-electron chi connectivity index (χ2n) is 4.24. The summed E-state index contributed by atoms with van der Waals surface area (Å²) >= 11 is 0. The van der Waals surface area contributed by atoms with Gasteiger partial charge < -0.3 is 20.1 Å². The number of carbonyl (C=O) groups is 1. The Bertz CT molecular complexity index is 387. The van der Waals surface area contributed by atoms with E-state index >= 15 is 0 Å². The zero-order valence-corrected chi connectivity index (χ0v) is 11.0. The average Bonchev–Trinajstić information content (AvgIpc) is 2.39. The molecule has 0 aliphatic rings. The Morgan fingerprint density at radius 3 is 2.42 bits per heavy atom. The molecule has 0 aromatic heterocycles. The number of hydrogen-bond donors (Lipinski definition) is 3. The summed E-state index contributed by atoms with van der Waals surface area (Å²) in [5.74, 6) is -0.536. The van der Waals surface area contributed by atoms with E-state index in [4.69, 9.17) is 9.84 Å². The van der Waals surface area contributed by atoms with Crippen LogP contribution in [0, 0.1) is 0 Å². The molecule has 1 rings (SSSR count). The van der Waals surface area contributed by atoms with Gasteiger partial charge in [0.25, 0.3) is 0 Å². The number of ether oxygens (including phenoxy) is 1. The van der Waals surface area contributed by atoms with Crippen molar-refractivity contribution in [2.75, 3.05) is 13.2 Å². The molecule has 19 heavy (non-hydrogen) atoms. The van der Waals surface area contributed by atoms with Crippen LogP contribution in [0.3, 0.4) is 0 Å². The van der Waals surface area contributed by atoms with E-state index in [1.807, 2.05) is 0 Å². The first kappa shape index (κ1) is 15.6. The van der Waals surface area contributed by atoms with E-state index in [2.05, 4.69) is 0 Å². The van der Waals surface area contributed by atoms with Gasteiger partial charge in [-0.25, -0.2) is 0 Å². The first-order valence-corrected chi connectivity index (χ1v) is 6.30. The van der Waals surface area contributed by atoms with E-state index in [1.54, 1.807) is 31.2 Å². The molecule has 2 atom stereocenters. The Kier molecular flexibility index (Phi) is 6.49. The lowest BCUT2D eigenvalue weighted by Crippen LogP contribution is -2.23. The Morgan fingerprint density at radius 1 is 1.26 bits per heavy atom. The van der Waals surface area contributed by atoms with Crippen molar-refractivity contribution in [3.05, 3.63) is 35.4 Å². The van der Waals surface area contributed by atoms with E-state index in [0.717, 1.165) is 5.56 Å². The third-order valence-electron chi connectivity index (χ3n) is 2.77. The largest absolute Gasteiger partial charge is 0.466 e. The number of rotatable bonds is 7. The summed E-state index contributed by atoms with van der Waals surface area (Å²) in [6, 6.07) is 6.88. The fourth-order valence-corrected chi connectivity index (χ4v) is 1.74. The van der Waals surface area contributed by atoms with Crippen molar-refractivity contribution in [3.63, 3.8) is 0 Å². The molecule has 0 saturated carbocycles. The minimum atomic E-state index is -1.19. The molecule has 1 aromatic rings. The normalized spacial score (nSPS) is 13.9. The van der Waals surface area contributed by atoms with Crippen LogP contribution in [0.4, 0.5) is 0 Å². The van der Waals surface area contributed by atoms with Crippen LogP contribution in [0.15, 0.2) is 24.3 Å². The van der Waals surface area contributed by atoms with Crippen molar-refractivity contribution >= 4 is 5.97 Å². The highest BCUT2D eigenvalue weighted by Gasteiger charge is 2.21. The van der Waals surface area contributed by atoms with Crippen molar-refractivity contribution in [3.8, 4) is 0 Å². The SMILES string of the molecule is CCOC(=O)CC(O)C(O)c1ccc(CCO)cc1. The molecule has 1 aromatic carbocycles. The van der Waals surface area contributed by atoms with Gasteiger partial charge in [0, 0.05) is 6.61 Å². The summed E-state index contributed by atoms with van der Waals surface area (Å²) in [6.07, 6.45) is -2.02. The maximum absolute atomic E-state index is 11.2. The summed E-state index contributed by atoms with van der Waals surface area (Å²) in [5.41, 5.74) is 1.47. The van der Waals surface area contributed by atoms with Gasteiger partial charge in [-0.3, -0.25) is 4.79 Å². The van der Waals surface area contributed by atoms with Gasteiger partial charge in [-0.15, -0.1) is 0 Å². The quantitative estimate of drug-likeness (QED) is 0.629. The van der Waals surface area contributed by atoms with Crippen LogP contribution < -0.4 is 0 Å². The Labute approximate surface area is 112 Å². The molecule has 0 spiro atoms. The highest BCUT2D eigenvalue weighted by Crippen LogP contribution is 2.20. The van der Waals surface area contributed by atoms with E-state index in [9.17, 15) is 15.0 Å². The van der Waals surface area contributed by atoms with Crippen LogP contribution >= 0.6 is 0 Å². The van der Waals surface area contributed by atoms with Crippen molar-refractivity contribution in [1.29, 1.82) is 0 Å². The lowest BCUT2D eigenvalue weighted by molar-refractivity contribution is -0.147. The smallest absolute Gasteiger partial charge is 0.308 e. The van der Waals surface area contributed by atoms with Crippen molar-refractivity contribution < 1.29 is 24.9 Å². The summed E-state index contributed by atoms with van der Waals surface area (Å²) in [5, 5.41) is 28.5. The zero-order chi connectivity index (χ0) is 14.3. The second-order valence-corrected chi connectivity index (χ2v) is 4.24. The number of benzene rings is 1. The fraction of sp³-hybridized carbons (Fsp3) is 0.500. The molecule has 0 heterocycles. The molecule has 5 nitrogen and oxygen atoms in total. The lowest BCUT2D eigenvalue weighted by Gasteiger charge is -2.17. The van der Waals surface area contributed by atoms with Gasteiger partial charge in [0.2, 0.25) is 0 Å². The Morgan fingerprint density at radius 2 is 1.89 bits per heavy atom. The van der Waals surface area contributed by atoms with Gasteiger partial charge in [0.1, 0.15) is 6.10 Å². The third kappa shape index (κ3) is 4.98. The highest BCUT2D eigenvalue weighted by molar-refractivity contribution is 5.70. The molecule has 0 radical (unpaired) electrons. The number of aliphatic hydroxyl groups is 3. The summed E-state index contributed by atoms with van der Waals surface area (Å²) < 4.78 is 4.71. The van der Waals surface area contributed by atoms with Crippen molar-refractivity contribution in [2.24, 2.45) is 0 Å². The molecule has 0 fully saturated rings. The Balaban J connectivity index is 2.60. The van der Waals surface area contributed by atoms with Crippen LogP contribution in [0.2, 0.25) is 0 Å². The molecule has 0 amide bonds. The second kappa shape index (κ2) is 7.89. The summed E-state index contributed by atoms with van der Waals surface area (Å²) in [4.78, 5) is 11.2. The minimum absolute atomic E-state index is 0.0629. The standard InChI is InChI=1S/C14H20O5/c1-2-19-13(17)9-12(16)14(18)11-5-3-10(4-6-11)7-8-15/h3-6,12,14-16,18H,2,7-9H2,1H3. The van der Waals surface area contributed by atoms with Crippen LogP contribution in [0.5, 0.6) is 0 Å². The van der Waals surface area contributed by atoms with E-state index in [-0.39, 0.29) is 19.6 Å². The van der Waals surface area contributed by atoms with Crippen molar-refractivity contribution in [1.82, 2.24) is 0 Å². The van der Waals surface area contributed by atoms with Gasteiger partial charge in [-0.05, 0) is 24.5 Å². The van der Waals surface area contributed by atoms with Crippen LogP contribution in [-0.4, -0.2) is 40.6 Å². The lowest BCUT2D eigenvalue weighted by atomic mass is 10.0. The van der Waals surface area contributed by atoms with Crippen LogP contribution in [0.1, 0.15) is 30.6 Å². The summed E-state index contributed by atoms with van der Waals surface area (Å²) in [6.45, 7) is 1.99. The fourth-order valence-electron chi connectivity index (χ4n) is 1.74. The van der Waals surface area contributed by atoms with Gasteiger partial charge in [-0.1, -0.05) is 24.3 Å².